The molecule has 1 atom stereocenters. The zero-order chi connectivity index (χ0) is 19.0. The van der Waals surface area contributed by atoms with E-state index in [-0.39, 0.29) is 5.82 Å². The smallest absolute Gasteiger partial charge is 0.291 e. The summed E-state index contributed by atoms with van der Waals surface area (Å²) in [7, 11) is 1.80. The third kappa shape index (κ3) is 3.14. The molecule has 1 aromatic carbocycles. The Balaban J connectivity index is 1.71. The van der Waals surface area contributed by atoms with Crippen molar-refractivity contribution in [3.05, 3.63) is 77.6 Å². The van der Waals surface area contributed by atoms with Crippen LogP contribution >= 0.6 is 0 Å². The van der Waals surface area contributed by atoms with Crippen LogP contribution in [0.25, 0.3) is 5.78 Å². The molecule has 1 amide bonds. The molecule has 1 N–H and O–H groups in total. The van der Waals surface area contributed by atoms with Crippen molar-refractivity contribution in [2.75, 3.05) is 0 Å². The zero-order valence-corrected chi connectivity index (χ0v) is 14.7. The molecule has 0 aliphatic carbocycles. The molecule has 0 radical (unpaired) electrons. The lowest BCUT2D eigenvalue weighted by Gasteiger charge is -2.18. The summed E-state index contributed by atoms with van der Waals surface area (Å²) in [6, 6.07) is 7.14. The summed E-state index contributed by atoms with van der Waals surface area (Å²) in [5, 5.41) is 7.06. The van der Waals surface area contributed by atoms with Gasteiger partial charge in [0.15, 0.2) is 0 Å². The number of aromatic nitrogens is 6. The Labute approximate surface area is 153 Å². The molecular weight excluding hydrogens is 349 g/mol. The summed E-state index contributed by atoms with van der Waals surface area (Å²) in [6.45, 7) is 1.84. The molecule has 0 aliphatic rings. The van der Waals surface area contributed by atoms with Crippen molar-refractivity contribution >= 4 is 11.7 Å². The van der Waals surface area contributed by atoms with Crippen LogP contribution in [0.3, 0.4) is 0 Å². The topological polar surface area (TPSA) is 90.0 Å². The molecule has 3 aromatic heterocycles. The number of halogens is 1. The Morgan fingerprint density at radius 1 is 1.22 bits per heavy atom. The Kier molecular flexibility index (Phi) is 4.11. The summed E-state index contributed by atoms with van der Waals surface area (Å²) in [4.78, 5) is 25.4. The maximum Gasteiger partial charge on any atom is 0.291 e. The van der Waals surface area contributed by atoms with Gasteiger partial charge in [-0.15, -0.1) is 5.10 Å². The van der Waals surface area contributed by atoms with Gasteiger partial charge in [-0.25, -0.2) is 18.9 Å². The van der Waals surface area contributed by atoms with E-state index in [0.717, 1.165) is 5.69 Å². The molecule has 0 spiro atoms. The van der Waals surface area contributed by atoms with Gasteiger partial charge in [-0.1, -0.05) is 12.1 Å². The minimum Gasteiger partial charge on any atom is -0.336 e. The third-order valence-electron chi connectivity index (χ3n) is 4.21. The average Bonchev–Trinajstić information content (AvgIpc) is 3.27. The fourth-order valence-corrected chi connectivity index (χ4v) is 2.84. The van der Waals surface area contributed by atoms with Crippen LogP contribution in [0.2, 0.25) is 0 Å². The molecule has 0 aliphatic heterocycles. The number of nitrogens with one attached hydrogen (secondary N) is 1. The van der Waals surface area contributed by atoms with Crippen molar-refractivity contribution in [1.29, 1.82) is 0 Å². The molecular formula is C18H16FN7O. The van der Waals surface area contributed by atoms with Gasteiger partial charge in [0.1, 0.15) is 17.7 Å². The highest BCUT2D eigenvalue weighted by molar-refractivity contribution is 5.91. The molecule has 8 nitrogen and oxygen atoms in total. The maximum atomic E-state index is 13.7. The number of benzene rings is 1. The van der Waals surface area contributed by atoms with E-state index in [0.29, 0.717) is 17.2 Å². The molecule has 0 fully saturated rings. The zero-order valence-electron chi connectivity index (χ0n) is 14.7. The maximum absolute atomic E-state index is 13.7. The Morgan fingerprint density at radius 2 is 2.07 bits per heavy atom. The van der Waals surface area contributed by atoms with Crippen LogP contribution in [0.4, 0.5) is 4.39 Å². The highest BCUT2D eigenvalue weighted by Gasteiger charge is 2.24. The van der Waals surface area contributed by atoms with E-state index in [1.807, 2.05) is 6.92 Å². The summed E-state index contributed by atoms with van der Waals surface area (Å²) in [5.41, 5.74) is 1.37. The fraction of sp³-hybridized carbons (Fsp3) is 0.167. The summed E-state index contributed by atoms with van der Waals surface area (Å²) in [5.74, 6) is -0.0253. The van der Waals surface area contributed by atoms with Gasteiger partial charge in [0, 0.05) is 31.3 Å². The first-order valence-electron chi connectivity index (χ1n) is 8.25. The molecule has 0 saturated heterocycles. The van der Waals surface area contributed by atoms with Gasteiger partial charge in [0.05, 0.1) is 0 Å². The number of hydrogen-bond donors (Lipinski definition) is 1. The lowest BCUT2D eigenvalue weighted by molar-refractivity contribution is 0.0931. The van der Waals surface area contributed by atoms with E-state index in [4.69, 9.17) is 0 Å². The van der Waals surface area contributed by atoms with Crippen LogP contribution in [-0.4, -0.2) is 35.0 Å². The van der Waals surface area contributed by atoms with E-state index >= 15 is 0 Å². The van der Waals surface area contributed by atoms with Gasteiger partial charge in [0.2, 0.25) is 5.82 Å². The number of fused-ring (bicyclic) bond motifs is 1. The lowest BCUT2D eigenvalue weighted by atomic mass is 10.1. The van der Waals surface area contributed by atoms with Crippen molar-refractivity contribution < 1.29 is 9.18 Å². The van der Waals surface area contributed by atoms with Crippen molar-refractivity contribution in [3.8, 4) is 0 Å². The number of amides is 1. The van der Waals surface area contributed by atoms with Gasteiger partial charge in [-0.05, 0) is 30.7 Å². The normalized spacial score (nSPS) is 12.3. The van der Waals surface area contributed by atoms with Crippen LogP contribution in [0.15, 0.2) is 48.9 Å². The van der Waals surface area contributed by atoms with Crippen LogP contribution < -0.4 is 5.32 Å². The lowest BCUT2D eigenvalue weighted by Crippen LogP contribution is -2.32. The van der Waals surface area contributed by atoms with E-state index in [1.54, 1.807) is 48.4 Å². The quantitative estimate of drug-likeness (QED) is 0.596. The number of hydrogen-bond acceptors (Lipinski definition) is 5. The first-order chi connectivity index (χ1) is 13.0. The molecule has 136 valence electrons. The molecule has 0 bridgehead atoms. The number of carbonyl (C=O) groups is 1. The highest BCUT2D eigenvalue weighted by Crippen LogP contribution is 2.21. The summed E-state index contributed by atoms with van der Waals surface area (Å²) < 4.78 is 17.0. The van der Waals surface area contributed by atoms with Crippen LogP contribution in [0.5, 0.6) is 0 Å². The third-order valence-corrected chi connectivity index (χ3v) is 4.21. The van der Waals surface area contributed by atoms with Gasteiger partial charge >= 0.3 is 0 Å². The van der Waals surface area contributed by atoms with Gasteiger partial charge < -0.3 is 9.88 Å². The van der Waals surface area contributed by atoms with E-state index in [1.165, 1.54) is 16.6 Å². The SMILES string of the molecule is Cc1ccnc2nc(C(=O)N[C@@H](c3cccc(F)c3)c3nccn3C)nn12. The highest BCUT2D eigenvalue weighted by atomic mass is 19.1. The van der Waals surface area contributed by atoms with Crippen molar-refractivity contribution in [2.24, 2.45) is 7.05 Å². The second-order valence-corrected chi connectivity index (χ2v) is 6.09. The first-order valence-corrected chi connectivity index (χ1v) is 8.25. The second kappa shape index (κ2) is 6.60. The minimum atomic E-state index is -0.658. The van der Waals surface area contributed by atoms with Crippen molar-refractivity contribution in [1.82, 2.24) is 34.4 Å². The molecule has 4 rings (SSSR count). The number of carbonyl (C=O) groups excluding carboxylic acids is 1. The predicted octanol–water partition coefficient (Wildman–Crippen LogP) is 1.82. The Bertz CT molecular complexity index is 1130. The molecule has 3 heterocycles. The van der Waals surface area contributed by atoms with E-state index in [9.17, 15) is 9.18 Å². The number of rotatable bonds is 4. The van der Waals surface area contributed by atoms with Gasteiger partial charge in [0.25, 0.3) is 11.7 Å². The molecule has 9 heteroatoms. The monoisotopic (exact) mass is 365 g/mol. The van der Waals surface area contributed by atoms with Crippen LogP contribution in [0.1, 0.15) is 33.7 Å². The second-order valence-electron chi connectivity index (χ2n) is 6.09. The standard InChI is InChI=1S/C18H16FN7O/c1-11-6-7-21-18-23-15(24-26(11)18)17(27)22-14(16-20-8-9-25(16)2)12-4-3-5-13(19)10-12/h3-10,14H,1-2H3,(H,22,27)/t14-/m0/s1. The predicted molar refractivity (Wildman–Crippen MR) is 94.4 cm³/mol. The van der Waals surface area contributed by atoms with E-state index in [2.05, 4.69) is 25.4 Å². The minimum absolute atomic E-state index is 0.0209. The molecule has 0 unspecified atom stereocenters. The van der Waals surface area contributed by atoms with Crippen molar-refractivity contribution in [2.45, 2.75) is 13.0 Å². The van der Waals surface area contributed by atoms with E-state index < -0.39 is 17.8 Å². The Hall–Kier alpha value is -3.62. The number of nitrogens with zero attached hydrogens (tertiary/aromatic N) is 6. The fourth-order valence-electron chi connectivity index (χ4n) is 2.84. The first kappa shape index (κ1) is 16.8. The Morgan fingerprint density at radius 3 is 2.78 bits per heavy atom. The van der Waals surface area contributed by atoms with Gasteiger partial charge in [-0.3, -0.25) is 4.79 Å². The average molecular weight is 365 g/mol. The summed E-state index contributed by atoms with van der Waals surface area (Å²) in [6.07, 6.45) is 4.97. The summed E-state index contributed by atoms with van der Waals surface area (Å²) >= 11 is 0. The molecule has 27 heavy (non-hydrogen) atoms. The largest absolute Gasteiger partial charge is 0.336 e. The molecule has 0 saturated carbocycles. The number of aryl methyl sites for hydroxylation is 2. The molecule has 4 aromatic rings. The van der Waals surface area contributed by atoms with Gasteiger partial charge in [-0.2, -0.15) is 4.98 Å². The van der Waals surface area contributed by atoms with Crippen LogP contribution in [-0.2, 0) is 7.05 Å². The van der Waals surface area contributed by atoms with Crippen molar-refractivity contribution in [3.63, 3.8) is 0 Å². The number of imidazole rings is 1. The van der Waals surface area contributed by atoms with Crippen LogP contribution in [0, 0.1) is 12.7 Å².